The number of hydrogen-bond acceptors (Lipinski definition) is 18. The van der Waals surface area contributed by atoms with Crippen molar-refractivity contribution in [1.29, 1.82) is 0 Å². The molecule has 12 N–H and O–H groups in total. The number of hydrogen-bond donors (Lipinski definition) is 12. The summed E-state index contributed by atoms with van der Waals surface area (Å²) in [5.41, 5.74) is 0. The first-order valence-electron chi connectivity index (χ1n) is 49.0. The minimum absolute atomic E-state index is 0.236. The van der Waals surface area contributed by atoms with Crippen LogP contribution in [0, 0.1) is 0 Å². The van der Waals surface area contributed by atoms with Crippen LogP contribution in [0.5, 0.6) is 0 Å². The summed E-state index contributed by atoms with van der Waals surface area (Å²) >= 11 is 0. The van der Waals surface area contributed by atoms with Crippen LogP contribution in [-0.4, -0.2) is 193 Å². The second-order valence-electron chi connectivity index (χ2n) is 34.5. The molecule has 0 aliphatic carbocycles. The third-order valence-corrected chi connectivity index (χ3v) is 23.9. The first kappa shape index (κ1) is 110. The number of allylic oxidation sites excluding steroid dienone is 15. The van der Waals surface area contributed by atoms with Crippen LogP contribution in [0.1, 0.15) is 399 Å². The van der Waals surface area contributed by atoms with E-state index in [1.165, 1.54) is 289 Å². The largest absolute Gasteiger partial charge is 0.394 e. The second kappa shape index (κ2) is 78.2. The molecule has 0 bridgehead atoms. The Morgan fingerprint density at radius 3 is 0.941 bits per heavy atom. The Labute approximate surface area is 723 Å². The molecule has 0 saturated carbocycles. The molecule has 3 saturated heterocycles. The molecule has 0 aromatic carbocycles. The molecule has 3 rings (SSSR count). The van der Waals surface area contributed by atoms with E-state index in [4.69, 9.17) is 28.4 Å². The van der Waals surface area contributed by atoms with Crippen LogP contribution in [0.25, 0.3) is 0 Å². The van der Waals surface area contributed by atoms with Crippen molar-refractivity contribution in [2.24, 2.45) is 0 Å². The van der Waals surface area contributed by atoms with E-state index >= 15 is 0 Å². The summed E-state index contributed by atoms with van der Waals surface area (Å²) < 4.78 is 34.6. The molecule has 119 heavy (non-hydrogen) atoms. The molecule has 0 spiro atoms. The van der Waals surface area contributed by atoms with Gasteiger partial charge in [-0.25, -0.2) is 0 Å². The average molecular weight is 1680 g/mol. The lowest BCUT2D eigenvalue weighted by molar-refractivity contribution is -0.379. The Balaban J connectivity index is 1.30. The highest BCUT2D eigenvalue weighted by Crippen LogP contribution is 2.34. The number of ether oxygens (including phenoxy) is 6. The number of rotatable bonds is 80. The van der Waals surface area contributed by atoms with Gasteiger partial charge >= 0.3 is 0 Å². The Kier molecular flexibility index (Phi) is 72.2. The van der Waals surface area contributed by atoms with Crippen LogP contribution >= 0.6 is 0 Å². The molecule has 0 aromatic heterocycles. The van der Waals surface area contributed by atoms with Crippen LogP contribution in [-0.2, 0) is 33.2 Å². The van der Waals surface area contributed by atoms with E-state index < -0.39 is 124 Å². The molecule has 0 radical (unpaired) electrons. The fraction of sp³-hybridized carbons (Fsp3) is 0.830. The van der Waals surface area contributed by atoms with Crippen LogP contribution < -0.4 is 5.32 Å². The SMILES string of the molecule is CC/C=C\C/C=C\C/C=C\C/C=C\C/C=C\C/C=C\CCCCCCCCCCCCCCCCCCCCCCCCC(=O)NC(COC1OC(CO)C(OC2OC(CO)C(OC3OC(CO)C(O)C(O)C3O)C(O)C2O)C(O)C1O)C(O)/C=C/CC/C=C/CCCCCCCCCCCCCCCCCCCCCCCCCCCCC. The zero-order chi connectivity index (χ0) is 85.9. The van der Waals surface area contributed by atoms with Gasteiger partial charge in [0.15, 0.2) is 18.9 Å². The zero-order valence-corrected chi connectivity index (χ0v) is 75.1. The molecular formula is C100H179NO18. The Hall–Kier alpha value is -3.29. The molecular weight excluding hydrogens is 1500 g/mol. The molecule has 19 nitrogen and oxygen atoms in total. The van der Waals surface area contributed by atoms with Gasteiger partial charge in [0.2, 0.25) is 5.91 Å². The third kappa shape index (κ3) is 55.7. The lowest BCUT2D eigenvalue weighted by Crippen LogP contribution is -2.66. The molecule has 17 unspecified atom stereocenters. The van der Waals surface area contributed by atoms with Crippen molar-refractivity contribution >= 4 is 5.91 Å². The van der Waals surface area contributed by atoms with Gasteiger partial charge in [-0.15, -0.1) is 0 Å². The normalized spacial score (nSPS) is 24.6. The maximum absolute atomic E-state index is 13.5. The maximum atomic E-state index is 13.5. The van der Waals surface area contributed by atoms with Crippen LogP contribution in [0.15, 0.2) is 97.2 Å². The summed E-state index contributed by atoms with van der Waals surface area (Å²) in [5.74, 6) is -0.280. The van der Waals surface area contributed by atoms with Gasteiger partial charge in [0.25, 0.3) is 0 Å². The first-order valence-corrected chi connectivity index (χ1v) is 49.0. The van der Waals surface area contributed by atoms with E-state index in [1.807, 2.05) is 6.08 Å². The number of amides is 1. The predicted molar refractivity (Wildman–Crippen MR) is 484 cm³/mol. The molecule has 0 aromatic rings. The minimum Gasteiger partial charge on any atom is -0.394 e. The first-order chi connectivity index (χ1) is 58.3. The Bertz CT molecular complexity index is 2520. The molecule has 3 fully saturated rings. The highest BCUT2D eigenvalue weighted by molar-refractivity contribution is 5.76. The summed E-state index contributed by atoms with van der Waals surface area (Å²) in [5, 5.41) is 121. The molecule has 3 aliphatic rings. The fourth-order valence-electron chi connectivity index (χ4n) is 16.2. The van der Waals surface area contributed by atoms with Gasteiger partial charge in [0, 0.05) is 6.42 Å². The monoisotopic (exact) mass is 1680 g/mol. The van der Waals surface area contributed by atoms with E-state index in [0.29, 0.717) is 12.8 Å². The number of nitrogens with one attached hydrogen (secondary N) is 1. The van der Waals surface area contributed by atoms with Gasteiger partial charge in [0.1, 0.15) is 73.2 Å². The molecule has 19 heteroatoms. The Morgan fingerprint density at radius 2 is 0.588 bits per heavy atom. The average Bonchev–Trinajstić information content (AvgIpc) is 0.778. The topological polar surface area (TPSA) is 307 Å². The third-order valence-electron chi connectivity index (χ3n) is 23.9. The van der Waals surface area contributed by atoms with Crippen molar-refractivity contribution in [3.8, 4) is 0 Å². The summed E-state index contributed by atoms with van der Waals surface area (Å²) in [6.07, 6.45) is 83.0. The van der Waals surface area contributed by atoms with Crippen LogP contribution in [0.3, 0.4) is 0 Å². The summed E-state index contributed by atoms with van der Waals surface area (Å²) in [6, 6.07) is -0.995. The molecule has 3 aliphatic heterocycles. The lowest BCUT2D eigenvalue weighted by atomic mass is 9.96. The minimum atomic E-state index is -1.98. The predicted octanol–water partition coefficient (Wildman–Crippen LogP) is 20.2. The van der Waals surface area contributed by atoms with Gasteiger partial charge in [-0.3, -0.25) is 4.79 Å². The molecule has 3 heterocycles. The van der Waals surface area contributed by atoms with Crippen molar-refractivity contribution in [3.63, 3.8) is 0 Å². The van der Waals surface area contributed by atoms with E-state index in [2.05, 4.69) is 104 Å². The number of unbranched alkanes of at least 4 members (excludes halogenated alkanes) is 50. The van der Waals surface area contributed by atoms with Crippen molar-refractivity contribution in [3.05, 3.63) is 97.2 Å². The molecule has 1 amide bonds. The van der Waals surface area contributed by atoms with Gasteiger partial charge in [-0.1, -0.05) is 406 Å². The van der Waals surface area contributed by atoms with Gasteiger partial charge in [0.05, 0.1) is 38.6 Å². The zero-order valence-electron chi connectivity index (χ0n) is 75.1. The number of aliphatic hydroxyl groups is 11. The quantitative estimate of drug-likeness (QED) is 0.0199. The van der Waals surface area contributed by atoms with Gasteiger partial charge in [-0.05, 0) is 83.5 Å². The van der Waals surface area contributed by atoms with E-state index in [-0.39, 0.29) is 18.9 Å². The smallest absolute Gasteiger partial charge is 0.220 e. The second-order valence-corrected chi connectivity index (χ2v) is 34.5. The summed E-state index contributed by atoms with van der Waals surface area (Å²) in [6.45, 7) is 1.66. The van der Waals surface area contributed by atoms with E-state index in [9.17, 15) is 61.0 Å². The van der Waals surface area contributed by atoms with Crippen molar-refractivity contribution in [2.45, 2.75) is 503 Å². The molecule has 692 valence electrons. The van der Waals surface area contributed by atoms with E-state index in [0.717, 1.165) is 77.0 Å². The molecule has 17 atom stereocenters. The number of carbonyl (C=O) groups is 1. The highest BCUT2D eigenvalue weighted by atomic mass is 16.8. The summed E-state index contributed by atoms with van der Waals surface area (Å²) in [7, 11) is 0. The van der Waals surface area contributed by atoms with Crippen LogP contribution in [0.4, 0.5) is 0 Å². The van der Waals surface area contributed by atoms with Crippen molar-refractivity contribution < 1.29 is 89.4 Å². The van der Waals surface area contributed by atoms with Gasteiger partial charge < -0.3 is 89.9 Å². The van der Waals surface area contributed by atoms with Crippen molar-refractivity contribution in [2.75, 3.05) is 26.4 Å². The summed E-state index contributed by atoms with van der Waals surface area (Å²) in [4.78, 5) is 13.5. The standard InChI is InChI=1S/C100H179NO18/c1-3-5-7-9-11-13-15-17-19-21-23-25-27-29-31-33-35-37-38-39-40-41-42-43-44-46-48-50-52-54-56-58-60-62-64-66-68-70-72-74-76-78-88(106)101-83(84(105)77-75-73-71-69-67-65-63-61-59-57-55-53-51-49-47-45-36-34-32-30-28-26-24-22-20-18-16-14-12-10-8-6-4-2)82-114-98-94(112)91(109)96(86(80-103)116-98)119-100-95(113)92(110)97(87(81-104)117-100)118-99-93(111)90(108)89(107)85(79-102)115-99/h5,7,11,13,17,19,23,25,29,31,35,37,67,69,75,77,83-87,89-100,102-105,107-113H,3-4,6,8-10,12,14-16,18,20-22,24,26-28,30,32-34,36,38-66,68,70-74,76,78-82H2,1-2H3,(H,101,106)/b7-5-,13-11-,19-17-,25-23-,31-29-,37-35-,69-67+,77-75+. The fourth-order valence-corrected chi connectivity index (χ4v) is 16.2. The maximum Gasteiger partial charge on any atom is 0.220 e. The van der Waals surface area contributed by atoms with Crippen LogP contribution in [0.2, 0.25) is 0 Å². The van der Waals surface area contributed by atoms with E-state index in [1.54, 1.807) is 6.08 Å². The highest BCUT2D eigenvalue weighted by Gasteiger charge is 2.54. The van der Waals surface area contributed by atoms with Crippen molar-refractivity contribution in [1.82, 2.24) is 5.32 Å². The number of aliphatic hydroxyl groups excluding tert-OH is 11. The van der Waals surface area contributed by atoms with Gasteiger partial charge in [-0.2, -0.15) is 0 Å². The Morgan fingerprint density at radius 1 is 0.311 bits per heavy atom. The number of carbonyl (C=O) groups excluding carboxylic acids is 1. The lowest BCUT2D eigenvalue weighted by Gasteiger charge is -2.48.